The van der Waals surface area contributed by atoms with Crippen molar-refractivity contribution in [1.82, 2.24) is 14.5 Å². The second-order valence-electron chi connectivity index (χ2n) is 6.60. The summed E-state index contributed by atoms with van der Waals surface area (Å²) in [6.45, 7) is 5.51. The first-order chi connectivity index (χ1) is 12.4. The molecule has 0 amide bonds. The lowest BCUT2D eigenvalue weighted by Gasteiger charge is -2.30. The number of sulfone groups is 1. The molecule has 8 nitrogen and oxygen atoms in total. The summed E-state index contributed by atoms with van der Waals surface area (Å²) in [5, 5.41) is 0.102. The molecule has 2 heterocycles. The van der Waals surface area contributed by atoms with Crippen LogP contribution >= 0.6 is 0 Å². The molecule has 2 rings (SSSR count). The smallest absolute Gasteiger partial charge is 0.309 e. The largest absolute Gasteiger partial charge is 0.466 e. The second kappa shape index (κ2) is 9.48. The van der Waals surface area contributed by atoms with E-state index >= 15 is 0 Å². The van der Waals surface area contributed by atoms with Crippen LogP contribution in [-0.4, -0.2) is 68.5 Å². The van der Waals surface area contributed by atoms with Gasteiger partial charge in [0.05, 0.1) is 24.4 Å². The summed E-state index contributed by atoms with van der Waals surface area (Å²) < 4.78 is 35.9. The summed E-state index contributed by atoms with van der Waals surface area (Å²) in [6.07, 6.45) is 5.05. The van der Waals surface area contributed by atoms with Crippen LogP contribution in [0, 0.1) is 5.92 Å². The molecule has 0 radical (unpaired) electrons. The van der Waals surface area contributed by atoms with E-state index in [0.29, 0.717) is 32.7 Å². The van der Waals surface area contributed by atoms with Crippen LogP contribution in [0.3, 0.4) is 0 Å². The summed E-state index contributed by atoms with van der Waals surface area (Å²) in [6, 6.07) is 0. The molecule has 1 aromatic rings. The molecule has 1 aliphatic heterocycles. The van der Waals surface area contributed by atoms with Crippen LogP contribution in [0.2, 0.25) is 0 Å². The van der Waals surface area contributed by atoms with Gasteiger partial charge in [-0.1, -0.05) is 0 Å². The number of carbonyl (C=O) groups excluding carboxylic acids is 1. The highest BCUT2D eigenvalue weighted by Gasteiger charge is 2.27. The van der Waals surface area contributed by atoms with Crippen LogP contribution in [0.15, 0.2) is 11.4 Å². The predicted molar refractivity (Wildman–Crippen MR) is 96.5 cm³/mol. The van der Waals surface area contributed by atoms with Gasteiger partial charge in [-0.25, -0.2) is 13.4 Å². The van der Waals surface area contributed by atoms with E-state index in [4.69, 9.17) is 9.47 Å². The average molecular weight is 388 g/mol. The van der Waals surface area contributed by atoms with E-state index < -0.39 is 9.84 Å². The second-order valence-corrected chi connectivity index (χ2v) is 8.51. The summed E-state index contributed by atoms with van der Waals surface area (Å²) >= 11 is 0. The topological polar surface area (TPSA) is 90.7 Å². The monoisotopic (exact) mass is 387 g/mol. The van der Waals surface area contributed by atoms with Crippen molar-refractivity contribution in [2.24, 2.45) is 5.92 Å². The van der Waals surface area contributed by atoms with Crippen LogP contribution < -0.4 is 0 Å². The van der Waals surface area contributed by atoms with Gasteiger partial charge in [0.1, 0.15) is 0 Å². The highest BCUT2D eigenvalue weighted by Crippen LogP contribution is 2.21. The van der Waals surface area contributed by atoms with Crippen molar-refractivity contribution in [2.45, 2.75) is 44.4 Å². The van der Waals surface area contributed by atoms with Gasteiger partial charge in [0.25, 0.3) is 0 Å². The van der Waals surface area contributed by atoms with E-state index in [1.165, 1.54) is 6.26 Å². The van der Waals surface area contributed by atoms with Crippen LogP contribution in [-0.2, 0) is 37.2 Å². The number of piperidine rings is 1. The molecular weight excluding hydrogens is 358 g/mol. The van der Waals surface area contributed by atoms with Gasteiger partial charge in [-0.2, -0.15) is 0 Å². The van der Waals surface area contributed by atoms with Crippen LogP contribution in [0.25, 0.3) is 0 Å². The van der Waals surface area contributed by atoms with Crippen molar-refractivity contribution in [2.75, 3.05) is 39.7 Å². The summed E-state index contributed by atoms with van der Waals surface area (Å²) in [5.41, 5.74) is 0.871. The van der Waals surface area contributed by atoms with Crippen LogP contribution in [0.1, 0.15) is 31.9 Å². The first kappa shape index (κ1) is 20.9. The van der Waals surface area contributed by atoms with Gasteiger partial charge in [0.2, 0.25) is 15.0 Å². The van der Waals surface area contributed by atoms with Gasteiger partial charge in [0.15, 0.2) is 0 Å². The zero-order valence-electron chi connectivity index (χ0n) is 15.8. The van der Waals surface area contributed by atoms with Gasteiger partial charge in [0, 0.05) is 33.1 Å². The fourth-order valence-electron chi connectivity index (χ4n) is 3.24. The van der Waals surface area contributed by atoms with E-state index in [1.54, 1.807) is 17.9 Å². The Balaban J connectivity index is 2.03. The Morgan fingerprint density at radius 1 is 1.35 bits per heavy atom. The first-order valence-corrected chi connectivity index (χ1v) is 10.9. The number of likely N-dealkylation sites (tertiary alicyclic amines) is 1. The van der Waals surface area contributed by atoms with Gasteiger partial charge in [-0.15, -0.1) is 0 Å². The van der Waals surface area contributed by atoms with Gasteiger partial charge >= 0.3 is 5.97 Å². The fourth-order valence-corrected chi connectivity index (χ4v) is 4.09. The minimum atomic E-state index is -3.39. The number of carbonyl (C=O) groups is 1. The summed E-state index contributed by atoms with van der Waals surface area (Å²) in [4.78, 5) is 18.2. The molecule has 0 aliphatic carbocycles. The summed E-state index contributed by atoms with van der Waals surface area (Å²) in [5.74, 6) is -0.152. The van der Waals surface area contributed by atoms with Crippen molar-refractivity contribution in [1.29, 1.82) is 0 Å². The van der Waals surface area contributed by atoms with Crippen molar-refractivity contribution in [3.8, 4) is 0 Å². The van der Waals surface area contributed by atoms with E-state index in [0.717, 1.165) is 31.6 Å². The van der Waals surface area contributed by atoms with E-state index in [2.05, 4.69) is 9.88 Å². The number of nitrogens with zero attached hydrogens (tertiary/aromatic N) is 3. The molecule has 0 saturated carbocycles. The lowest BCUT2D eigenvalue weighted by Crippen LogP contribution is -2.37. The number of imidazole rings is 1. The van der Waals surface area contributed by atoms with Crippen molar-refractivity contribution < 1.29 is 22.7 Å². The molecule has 0 atom stereocenters. The molecule has 26 heavy (non-hydrogen) atoms. The number of methoxy groups -OCH3 is 1. The van der Waals surface area contributed by atoms with Gasteiger partial charge in [-0.3, -0.25) is 9.69 Å². The van der Waals surface area contributed by atoms with Crippen LogP contribution in [0.5, 0.6) is 0 Å². The quantitative estimate of drug-likeness (QED) is 0.463. The van der Waals surface area contributed by atoms with Gasteiger partial charge in [-0.05, 0) is 39.3 Å². The number of esters is 1. The average Bonchev–Trinajstić information content (AvgIpc) is 2.99. The third kappa shape index (κ3) is 5.52. The molecule has 9 heteroatoms. The third-order valence-electron chi connectivity index (χ3n) is 4.56. The molecule has 1 fully saturated rings. The normalized spacial score (nSPS) is 16.7. The fraction of sp³-hybridized carbons (Fsp3) is 0.765. The number of hydrogen-bond acceptors (Lipinski definition) is 7. The standard InChI is InChI=1S/C17H29N3O5S/c1-4-25-16(21)14-6-9-19(10-7-14)13-15-12-18-17(26(3,22)23)20(15)8-5-11-24-2/h12,14H,4-11,13H2,1-3H3. The molecule has 0 aromatic carbocycles. The van der Waals surface area contributed by atoms with E-state index in [9.17, 15) is 13.2 Å². The highest BCUT2D eigenvalue weighted by molar-refractivity contribution is 7.90. The third-order valence-corrected chi connectivity index (χ3v) is 5.55. The molecule has 148 valence electrons. The van der Waals surface area contributed by atoms with Crippen molar-refractivity contribution in [3.05, 3.63) is 11.9 Å². The molecule has 0 bridgehead atoms. The molecule has 1 saturated heterocycles. The maximum absolute atomic E-state index is 12.0. The molecule has 0 unspecified atom stereocenters. The Morgan fingerprint density at radius 3 is 2.62 bits per heavy atom. The number of hydrogen-bond donors (Lipinski definition) is 0. The maximum Gasteiger partial charge on any atom is 0.309 e. The summed E-state index contributed by atoms with van der Waals surface area (Å²) in [7, 11) is -1.76. The number of aromatic nitrogens is 2. The minimum Gasteiger partial charge on any atom is -0.466 e. The molecule has 1 aliphatic rings. The number of ether oxygens (including phenoxy) is 2. The van der Waals surface area contributed by atoms with E-state index in [-0.39, 0.29) is 17.0 Å². The highest BCUT2D eigenvalue weighted by atomic mass is 32.2. The molecule has 0 N–H and O–H groups in total. The predicted octanol–water partition coefficient (Wildman–Crippen LogP) is 1.10. The molecule has 1 aromatic heterocycles. The molecule has 0 spiro atoms. The Bertz CT molecular complexity index is 693. The van der Waals surface area contributed by atoms with Crippen molar-refractivity contribution >= 4 is 15.8 Å². The zero-order chi connectivity index (χ0) is 19.2. The first-order valence-electron chi connectivity index (χ1n) is 8.99. The Morgan fingerprint density at radius 2 is 2.04 bits per heavy atom. The minimum absolute atomic E-state index is 0.0376. The van der Waals surface area contributed by atoms with Gasteiger partial charge < -0.3 is 14.0 Å². The van der Waals surface area contributed by atoms with Crippen LogP contribution in [0.4, 0.5) is 0 Å². The zero-order valence-corrected chi connectivity index (χ0v) is 16.6. The number of rotatable bonds is 9. The lowest BCUT2D eigenvalue weighted by atomic mass is 9.97. The van der Waals surface area contributed by atoms with E-state index in [1.807, 2.05) is 6.92 Å². The Kier molecular flexibility index (Phi) is 7.60. The molecular formula is C17H29N3O5S. The maximum atomic E-state index is 12.0. The lowest BCUT2D eigenvalue weighted by molar-refractivity contribution is -0.149. The SMILES string of the molecule is CCOC(=O)C1CCN(Cc2cnc(S(C)(=O)=O)n2CCCOC)CC1. The Hall–Kier alpha value is -1.45. The van der Waals surface area contributed by atoms with Crippen molar-refractivity contribution in [3.63, 3.8) is 0 Å². The Labute approximate surface area is 155 Å².